The Morgan fingerprint density at radius 2 is 1.45 bits per heavy atom. The van der Waals surface area contributed by atoms with E-state index in [2.05, 4.69) is 15.4 Å². The van der Waals surface area contributed by atoms with E-state index in [4.69, 9.17) is 14.2 Å². The van der Waals surface area contributed by atoms with Crippen LogP contribution in [-0.2, 0) is 39.8 Å². The molecule has 0 unspecified atom stereocenters. The molecule has 0 saturated carbocycles. The quantitative estimate of drug-likeness (QED) is 0.192. The van der Waals surface area contributed by atoms with Gasteiger partial charge in [-0.15, -0.1) is 0 Å². The number of hydrogen-bond acceptors (Lipinski definition) is 10. The number of carbonyl (C=O) groups excluding carboxylic acids is 5. The van der Waals surface area contributed by atoms with Crippen LogP contribution >= 0.6 is 0 Å². The van der Waals surface area contributed by atoms with Crippen LogP contribution in [0.5, 0.6) is 0 Å². The fraction of sp³-hybridized carbons (Fsp3) is 0.633. The van der Waals surface area contributed by atoms with Crippen LogP contribution in [0.25, 0.3) is 0 Å². The summed E-state index contributed by atoms with van der Waals surface area (Å²) in [6, 6.07) is 4.60. The molecule has 236 valence electrons. The molecule has 12 heteroatoms. The molecule has 0 aliphatic heterocycles. The van der Waals surface area contributed by atoms with E-state index >= 15 is 0 Å². The van der Waals surface area contributed by atoms with E-state index in [0.717, 1.165) is 4.90 Å². The number of amides is 2. The summed E-state index contributed by atoms with van der Waals surface area (Å²) in [6.07, 6.45) is -2.34. The Morgan fingerprint density at radius 3 is 1.93 bits per heavy atom. The Bertz CT molecular complexity index is 1060. The summed E-state index contributed by atoms with van der Waals surface area (Å²) in [5.74, 6) is -2.54. The van der Waals surface area contributed by atoms with E-state index in [9.17, 15) is 24.0 Å². The molecule has 0 spiro atoms. The zero-order valence-electron chi connectivity index (χ0n) is 26.4. The first-order valence-corrected chi connectivity index (χ1v) is 14.0. The largest absolute Gasteiger partial charge is 0.453 e. The minimum Gasteiger partial charge on any atom is -0.453 e. The molecule has 1 rings (SSSR count). The van der Waals surface area contributed by atoms with E-state index in [1.54, 1.807) is 52.1 Å². The minimum absolute atomic E-state index is 0.0123. The standard InChI is InChI=1S/C30H47N3O9/c1-18(2)15-22(31-8)25(34)41-27(36)24(17-20-11-13-21(14-12-20)32-28(37)39-10)40-26(35)23(16-19(3)4)33(9)29(38)42-30(5,6)7/h11-14,18-19,22-24,31H,15-17H2,1-10H3,(H,32,37)/t22-,23-,24+/m0/s1. The number of hydrogen-bond donors (Lipinski definition) is 2. The lowest BCUT2D eigenvalue weighted by Gasteiger charge is -2.31. The number of likely N-dealkylation sites (N-methyl/N-ethyl adjacent to an activating group) is 2. The fourth-order valence-corrected chi connectivity index (χ4v) is 3.86. The molecule has 0 aliphatic carbocycles. The molecule has 0 heterocycles. The van der Waals surface area contributed by atoms with Gasteiger partial charge in [0.15, 0.2) is 0 Å². The lowest BCUT2D eigenvalue weighted by atomic mass is 10.0. The normalized spacial score (nSPS) is 13.5. The van der Waals surface area contributed by atoms with Crippen LogP contribution in [0, 0.1) is 11.8 Å². The Balaban J connectivity index is 3.29. The molecule has 0 fully saturated rings. The van der Waals surface area contributed by atoms with Gasteiger partial charge in [0.2, 0.25) is 6.10 Å². The molecule has 0 saturated heterocycles. The first kappa shape index (κ1) is 36.4. The summed E-state index contributed by atoms with van der Waals surface area (Å²) in [5.41, 5.74) is 0.207. The van der Waals surface area contributed by atoms with Crippen molar-refractivity contribution >= 4 is 35.8 Å². The molecule has 12 nitrogen and oxygen atoms in total. The second-order valence-electron chi connectivity index (χ2n) is 11.9. The number of nitrogens with zero attached hydrogens (tertiary/aromatic N) is 1. The van der Waals surface area contributed by atoms with E-state index in [1.165, 1.54) is 14.2 Å². The molecule has 0 aromatic heterocycles. The van der Waals surface area contributed by atoms with Crippen LogP contribution in [0.3, 0.4) is 0 Å². The van der Waals surface area contributed by atoms with E-state index in [-0.39, 0.29) is 24.7 Å². The van der Waals surface area contributed by atoms with Crippen molar-refractivity contribution in [2.24, 2.45) is 11.8 Å². The van der Waals surface area contributed by atoms with Gasteiger partial charge in [-0.25, -0.2) is 24.0 Å². The smallest absolute Gasteiger partial charge is 0.411 e. The average Bonchev–Trinajstić information content (AvgIpc) is 2.89. The lowest BCUT2D eigenvalue weighted by Crippen LogP contribution is -2.48. The summed E-state index contributed by atoms with van der Waals surface area (Å²) in [6.45, 7) is 12.7. The molecule has 2 amide bonds. The number of nitrogens with one attached hydrogen (secondary N) is 2. The van der Waals surface area contributed by atoms with Crippen molar-refractivity contribution in [1.29, 1.82) is 0 Å². The van der Waals surface area contributed by atoms with Crippen LogP contribution in [0.2, 0.25) is 0 Å². The predicted molar refractivity (Wildman–Crippen MR) is 157 cm³/mol. The summed E-state index contributed by atoms with van der Waals surface area (Å²) in [4.78, 5) is 65.0. The number of benzene rings is 1. The van der Waals surface area contributed by atoms with Crippen molar-refractivity contribution < 1.29 is 42.9 Å². The summed E-state index contributed by atoms with van der Waals surface area (Å²) >= 11 is 0. The third kappa shape index (κ3) is 12.9. The number of carbonyl (C=O) groups is 5. The van der Waals surface area contributed by atoms with Crippen LogP contribution in [-0.4, -0.2) is 80.0 Å². The number of methoxy groups -OCH3 is 1. The molecule has 3 atom stereocenters. The van der Waals surface area contributed by atoms with Gasteiger partial charge >= 0.3 is 30.1 Å². The van der Waals surface area contributed by atoms with Gasteiger partial charge in [0.05, 0.1) is 7.11 Å². The maximum atomic E-state index is 13.5. The van der Waals surface area contributed by atoms with E-state index in [1.807, 2.05) is 27.7 Å². The monoisotopic (exact) mass is 593 g/mol. The molecular formula is C30H47N3O9. The molecule has 0 aliphatic rings. The van der Waals surface area contributed by atoms with Gasteiger partial charge in [0.25, 0.3) is 0 Å². The highest BCUT2D eigenvalue weighted by atomic mass is 16.6. The Labute approximate surface area is 248 Å². The van der Waals surface area contributed by atoms with Crippen molar-refractivity contribution in [3.05, 3.63) is 29.8 Å². The number of ether oxygens (including phenoxy) is 4. The van der Waals surface area contributed by atoms with Crippen LogP contribution in [0.4, 0.5) is 15.3 Å². The number of anilines is 1. The first-order chi connectivity index (χ1) is 19.5. The number of esters is 3. The third-order valence-electron chi connectivity index (χ3n) is 5.99. The molecule has 42 heavy (non-hydrogen) atoms. The molecule has 2 N–H and O–H groups in total. The fourth-order valence-electron chi connectivity index (χ4n) is 3.86. The van der Waals surface area contributed by atoms with Gasteiger partial charge in [0.1, 0.15) is 17.7 Å². The Morgan fingerprint density at radius 1 is 0.881 bits per heavy atom. The third-order valence-corrected chi connectivity index (χ3v) is 5.99. The predicted octanol–water partition coefficient (Wildman–Crippen LogP) is 4.30. The van der Waals surface area contributed by atoms with Gasteiger partial charge in [-0.3, -0.25) is 10.2 Å². The van der Waals surface area contributed by atoms with E-state index < -0.39 is 53.9 Å². The van der Waals surface area contributed by atoms with Crippen molar-refractivity contribution in [3.8, 4) is 0 Å². The van der Waals surface area contributed by atoms with Crippen molar-refractivity contribution in [1.82, 2.24) is 10.2 Å². The Hall–Kier alpha value is -3.67. The second-order valence-corrected chi connectivity index (χ2v) is 11.9. The number of rotatable bonds is 13. The maximum Gasteiger partial charge on any atom is 0.411 e. The molecule has 1 aromatic carbocycles. The van der Waals surface area contributed by atoms with Gasteiger partial charge in [-0.05, 0) is 70.2 Å². The van der Waals surface area contributed by atoms with Crippen molar-refractivity contribution in [2.75, 3.05) is 26.5 Å². The highest BCUT2D eigenvalue weighted by molar-refractivity contribution is 5.92. The highest BCUT2D eigenvalue weighted by Gasteiger charge is 2.36. The zero-order chi connectivity index (χ0) is 32.2. The topological polar surface area (TPSA) is 150 Å². The van der Waals surface area contributed by atoms with Gasteiger partial charge in [0, 0.05) is 19.2 Å². The van der Waals surface area contributed by atoms with Crippen molar-refractivity contribution in [3.63, 3.8) is 0 Å². The average molecular weight is 594 g/mol. The molecule has 0 bridgehead atoms. The Kier molecular flexibility index (Phi) is 14.4. The SMILES string of the molecule is CN[C@@H](CC(C)C)C(=O)OC(=O)[C@@H](Cc1ccc(NC(=O)OC)cc1)OC(=O)[C@H](CC(C)C)N(C)C(=O)OC(C)(C)C. The van der Waals surface area contributed by atoms with Crippen LogP contribution < -0.4 is 10.6 Å². The minimum atomic E-state index is -1.50. The van der Waals surface area contributed by atoms with Gasteiger partial charge in [-0.2, -0.15) is 0 Å². The van der Waals surface area contributed by atoms with Gasteiger partial charge < -0.3 is 24.3 Å². The second kappa shape index (κ2) is 16.7. The van der Waals surface area contributed by atoms with E-state index in [0.29, 0.717) is 17.7 Å². The summed E-state index contributed by atoms with van der Waals surface area (Å²) in [5, 5.41) is 5.36. The molecule has 1 aromatic rings. The van der Waals surface area contributed by atoms with Crippen molar-refractivity contribution in [2.45, 2.75) is 91.5 Å². The zero-order valence-corrected chi connectivity index (χ0v) is 26.4. The summed E-state index contributed by atoms with van der Waals surface area (Å²) < 4.78 is 20.8. The van der Waals surface area contributed by atoms with Gasteiger partial charge in [-0.1, -0.05) is 39.8 Å². The lowest BCUT2D eigenvalue weighted by molar-refractivity contribution is -0.177. The van der Waals surface area contributed by atoms with Crippen LogP contribution in [0.15, 0.2) is 24.3 Å². The highest BCUT2D eigenvalue weighted by Crippen LogP contribution is 2.20. The molecular weight excluding hydrogens is 546 g/mol. The summed E-state index contributed by atoms with van der Waals surface area (Å²) in [7, 11) is 4.25. The first-order valence-electron chi connectivity index (χ1n) is 14.0. The molecule has 0 radical (unpaired) electrons. The van der Waals surface area contributed by atoms with Crippen LogP contribution in [0.1, 0.15) is 66.9 Å². The maximum absolute atomic E-state index is 13.5.